The zero-order valence-corrected chi connectivity index (χ0v) is 11.2. The second-order valence-electron chi connectivity index (χ2n) is 4.71. The van der Waals surface area contributed by atoms with Gasteiger partial charge >= 0.3 is 5.97 Å². The molecule has 1 aromatic carbocycles. The van der Waals surface area contributed by atoms with Crippen molar-refractivity contribution in [3.05, 3.63) is 33.9 Å². The summed E-state index contributed by atoms with van der Waals surface area (Å²) in [4.78, 5) is 22.9. The van der Waals surface area contributed by atoms with Crippen molar-refractivity contribution < 1.29 is 14.7 Å². The number of nitrogens with two attached hydrogens (primary N) is 1. The molecule has 0 aliphatic rings. The summed E-state index contributed by atoms with van der Waals surface area (Å²) in [5.74, 6) is -1.35. The van der Waals surface area contributed by atoms with Crippen LogP contribution in [0.1, 0.15) is 39.0 Å². The van der Waals surface area contributed by atoms with Gasteiger partial charge in [0.2, 0.25) is 0 Å². The second kappa shape index (κ2) is 5.31. The molecule has 0 fully saturated rings. The number of carbonyl (C=O) groups is 2. The number of hydrogen-bond donors (Lipinski definition) is 2. The zero-order chi connectivity index (χ0) is 14.0. The Morgan fingerprint density at radius 3 is 2.00 bits per heavy atom. The molecule has 1 unspecified atom stereocenters. The van der Waals surface area contributed by atoms with Crippen molar-refractivity contribution in [2.24, 2.45) is 5.73 Å². The van der Waals surface area contributed by atoms with Crippen LogP contribution in [0, 0.1) is 27.7 Å². The Balaban J connectivity index is 3.17. The fraction of sp³-hybridized carbons (Fsp3) is 0.429. The van der Waals surface area contributed by atoms with Crippen LogP contribution in [0.5, 0.6) is 0 Å². The summed E-state index contributed by atoms with van der Waals surface area (Å²) in [6.45, 7) is 7.63. The number of benzene rings is 1. The van der Waals surface area contributed by atoms with Gasteiger partial charge in [-0.05, 0) is 49.9 Å². The lowest BCUT2D eigenvalue weighted by Crippen LogP contribution is -2.33. The first-order chi connectivity index (χ1) is 8.25. The van der Waals surface area contributed by atoms with Gasteiger partial charge in [-0.25, -0.2) is 0 Å². The Hall–Kier alpha value is -1.68. The molecule has 0 spiro atoms. The third-order valence-corrected chi connectivity index (χ3v) is 3.37. The van der Waals surface area contributed by atoms with Gasteiger partial charge in [0.25, 0.3) is 0 Å². The molecule has 1 atom stereocenters. The molecule has 1 rings (SSSR count). The second-order valence-corrected chi connectivity index (χ2v) is 4.71. The van der Waals surface area contributed by atoms with Crippen molar-refractivity contribution in [2.75, 3.05) is 0 Å². The van der Waals surface area contributed by atoms with E-state index >= 15 is 0 Å². The number of carbonyl (C=O) groups excluding carboxylic acids is 1. The number of aryl methyl sites for hydroxylation is 2. The highest BCUT2D eigenvalue weighted by atomic mass is 16.4. The van der Waals surface area contributed by atoms with E-state index in [0.29, 0.717) is 5.56 Å². The summed E-state index contributed by atoms with van der Waals surface area (Å²) >= 11 is 0. The Kier molecular flexibility index (Phi) is 4.24. The summed E-state index contributed by atoms with van der Waals surface area (Å²) in [5.41, 5.74) is 9.90. The highest BCUT2D eigenvalue weighted by Crippen LogP contribution is 2.23. The number of rotatable bonds is 4. The smallest absolute Gasteiger partial charge is 0.320 e. The minimum atomic E-state index is -1.15. The number of carboxylic acid groups (broad SMARTS) is 1. The maximum Gasteiger partial charge on any atom is 0.320 e. The molecular formula is C14H19NO3. The van der Waals surface area contributed by atoms with Gasteiger partial charge in [0.1, 0.15) is 6.04 Å². The number of hydrogen-bond acceptors (Lipinski definition) is 3. The Morgan fingerprint density at radius 1 is 1.17 bits per heavy atom. The average Bonchev–Trinajstić information content (AvgIpc) is 2.26. The normalized spacial score (nSPS) is 12.3. The standard InChI is InChI=1S/C14H19NO3/c1-7-5-8(2)10(4)13(9(7)3)12(16)6-11(15)14(17)18/h5,11H,6,15H2,1-4H3,(H,17,18). The lowest BCUT2D eigenvalue weighted by atomic mass is 9.90. The van der Waals surface area contributed by atoms with Crippen LogP contribution in [0.2, 0.25) is 0 Å². The molecular weight excluding hydrogens is 230 g/mol. The van der Waals surface area contributed by atoms with Crippen molar-refractivity contribution >= 4 is 11.8 Å². The fourth-order valence-electron chi connectivity index (χ4n) is 2.02. The molecule has 18 heavy (non-hydrogen) atoms. The first kappa shape index (κ1) is 14.4. The molecule has 0 radical (unpaired) electrons. The maximum atomic E-state index is 12.2. The van der Waals surface area contributed by atoms with E-state index in [4.69, 9.17) is 10.8 Å². The molecule has 0 aliphatic heterocycles. The van der Waals surface area contributed by atoms with Crippen LogP contribution in [0.4, 0.5) is 0 Å². The van der Waals surface area contributed by atoms with Crippen LogP contribution in [0.15, 0.2) is 6.07 Å². The molecule has 4 nitrogen and oxygen atoms in total. The summed E-state index contributed by atoms with van der Waals surface area (Å²) in [5, 5.41) is 8.75. The molecule has 0 aromatic heterocycles. The SMILES string of the molecule is Cc1cc(C)c(C)c(C(=O)CC(N)C(=O)O)c1C. The first-order valence-corrected chi connectivity index (χ1v) is 5.84. The topological polar surface area (TPSA) is 80.4 Å². The van der Waals surface area contributed by atoms with Gasteiger partial charge in [0.05, 0.1) is 0 Å². The minimum absolute atomic E-state index is 0.167. The van der Waals surface area contributed by atoms with E-state index in [2.05, 4.69) is 0 Å². The summed E-state index contributed by atoms with van der Waals surface area (Å²) < 4.78 is 0. The van der Waals surface area contributed by atoms with Gasteiger partial charge < -0.3 is 10.8 Å². The summed E-state index contributed by atoms with van der Waals surface area (Å²) in [6, 6.07) is 0.885. The Bertz CT molecular complexity index is 480. The van der Waals surface area contributed by atoms with E-state index in [-0.39, 0.29) is 12.2 Å². The molecule has 3 N–H and O–H groups in total. The van der Waals surface area contributed by atoms with Crippen LogP contribution >= 0.6 is 0 Å². The van der Waals surface area contributed by atoms with Crippen LogP contribution in [0.25, 0.3) is 0 Å². The van der Waals surface area contributed by atoms with Crippen molar-refractivity contribution in [1.29, 1.82) is 0 Å². The van der Waals surface area contributed by atoms with E-state index in [0.717, 1.165) is 22.3 Å². The van der Waals surface area contributed by atoms with Gasteiger partial charge in [0.15, 0.2) is 5.78 Å². The lowest BCUT2D eigenvalue weighted by molar-refractivity contribution is -0.138. The Morgan fingerprint density at radius 2 is 1.61 bits per heavy atom. The monoisotopic (exact) mass is 249 g/mol. The predicted molar refractivity (Wildman–Crippen MR) is 69.9 cm³/mol. The first-order valence-electron chi connectivity index (χ1n) is 5.84. The molecule has 1 aromatic rings. The van der Waals surface area contributed by atoms with E-state index in [1.807, 2.05) is 33.8 Å². The molecule has 0 saturated heterocycles. The van der Waals surface area contributed by atoms with Crippen molar-refractivity contribution in [2.45, 2.75) is 40.2 Å². The predicted octanol–water partition coefficient (Wildman–Crippen LogP) is 1.90. The van der Waals surface area contributed by atoms with Crippen LogP contribution < -0.4 is 5.73 Å². The number of Topliss-reactive ketones (excluding diaryl/α,β-unsaturated/α-hetero) is 1. The van der Waals surface area contributed by atoms with Crippen molar-refractivity contribution in [1.82, 2.24) is 0 Å². The van der Waals surface area contributed by atoms with Crippen LogP contribution in [-0.4, -0.2) is 22.9 Å². The number of carboxylic acids is 1. The highest BCUT2D eigenvalue weighted by Gasteiger charge is 2.21. The van der Waals surface area contributed by atoms with E-state index in [1.54, 1.807) is 0 Å². The van der Waals surface area contributed by atoms with E-state index < -0.39 is 12.0 Å². The quantitative estimate of drug-likeness (QED) is 0.799. The molecule has 0 bridgehead atoms. The molecule has 0 saturated carbocycles. The van der Waals surface area contributed by atoms with Gasteiger partial charge in [-0.15, -0.1) is 0 Å². The van der Waals surface area contributed by atoms with Gasteiger partial charge in [-0.3, -0.25) is 9.59 Å². The van der Waals surface area contributed by atoms with E-state index in [1.165, 1.54) is 0 Å². The third kappa shape index (κ3) is 2.76. The maximum absolute atomic E-state index is 12.2. The minimum Gasteiger partial charge on any atom is -0.480 e. The van der Waals surface area contributed by atoms with Gasteiger partial charge in [-0.1, -0.05) is 6.07 Å². The average molecular weight is 249 g/mol. The number of aliphatic carboxylic acids is 1. The van der Waals surface area contributed by atoms with Gasteiger partial charge in [0, 0.05) is 12.0 Å². The lowest BCUT2D eigenvalue weighted by Gasteiger charge is -2.15. The fourth-order valence-corrected chi connectivity index (χ4v) is 2.02. The van der Waals surface area contributed by atoms with Crippen molar-refractivity contribution in [3.8, 4) is 0 Å². The van der Waals surface area contributed by atoms with Gasteiger partial charge in [-0.2, -0.15) is 0 Å². The summed E-state index contributed by atoms with van der Waals surface area (Å²) in [7, 11) is 0. The molecule has 98 valence electrons. The van der Waals surface area contributed by atoms with E-state index in [9.17, 15) is 9.59 Å². The summed E-state index contributed by atoms with van der Waals surface area (Å²) in [6.07, 6.45) is -0.167. The molecule has 4 heteroatoms. The number of ketones is 1. The van der Waals surface area contributed by atoms with Crippen LogP contribution in [-0.2, 0) is 4.79 Å². The Labute approximate surface area is 107 Å². The molecule has 0 heterocycles. The van der Waals surface area contributed by atoms with Crippen molar-refractivity contribution in [3.63, 3.8) is 0 Å². The largest absolute Gasteiger partial charge is 0.480 e. The molecule has 0 aliphatic carbocycles. The highest BCUT2D eigenvalue weighted by molar-refractivity contribution is 6.01. The third-order valence-electron chi connectivity index (χ3n) is 3.37. The van der Waals surface area contributed by atoms with Crippen LogP contribution in [0.3, 0.4) is 0 Å². The zero-order valence-electron chi connectivity index (χ0n) is 11.2. The molecule has 0 amide bonds.